The molecule has 0 atom stereocenters. The van der Waals surface area contributed by atoms with Crippen molar-refractivity contribution in [1.29, 1.82) is 0 Å². The van der Waals surface area contributed by atoms with Gasteiger partial charge in [-0.1, -0.05) is 0 Å². The van der Waals surface area contributed by atoms with E-state index in [-0.39, 0.29) is 6.61 Å². The Balaban J connectivity index is 1.78. The zero-order valence-electron chi connectivity index (χ0n) is 9.58. The maximum Gasteiger partial charge on any atom is 0.0697 e. The van der Waals surface area contributed by atoms with Crippen molar-refractivity contribution in [2.24, 2.45) is 0 Å². The van der Waals surface area contributed by atoms with Crippen LogP contribution in [0.15, 0.2) is 0 Å². The molecule has 0 heterocycles. The van der Waals surface area contributed by atoms with Gasteiger partial charge >= 0.3 is 0 Å². The van der Waals surface area contributed by atoms with Gasteiger partial charge in [-0.2, -0.15) is 0 Å². The Hall–Kier alpha value is -0.160. The first-order chi connectivity index (χ1) is 7.36. The Kier molecular flexibility index (Phi) is 6.92. The predicted octanol–water partition coefficient (Wildman–Crippen LogP) is 0.542. The van der Waals surface area contributed by atoms with E-state index in [0.29, 0.717) is 18.8 Å². The molecule has 0 aromatic carbocycles. The molecular weight excluding hydrogens is 194 g/mol. The molecular formula is C11H23NO3. The van der Waals surface area contributed by atoms with Gasteiger partial charge in [0, 0.05) is 19.3 Å². The minimum atomic E-state index is 0.117. The summed E-state index contributed by atoms with van der Waals surface area (Å²) in [5.41, 5.74) is 0. The van der Waals surface area contributed by atoms with Gasteiger partial charge in [-0.3, -0.25) is 0 Å². The summed E-state index contributed by atoms with van der Waals surface area (Å²) in [6.07, 6.45) is 3.78. The Morgan fingerprint density at radius 1 is 1.33 bits per heavy atom. The van der Waals surface area contributed by atoms with Crippen molar-refractivity contribution in [3.63, 3.8) is 0 Å². The number of rotatable bonds is 9. The molecule has 0 saturated heterocycles. The molecule has 1 aliphatic carbocycles. The van der Waals surface area contributed by atoms with Crippen LogP contribution >= 0.6 is 0 Å². The van der Waals surface area contributed by atoms with Crippen LogP contribution in [0.25, 0.3) is 0 Å². The maximum absolute atomic E-state index is 8.48. The number of aliphatic hydroxyl groups is 1. The summed E-state index contributed by atoms with van der Waals surface area (Å²) in [6, 6.07) is 0.638. The molecule has 0 aliphatic heterocycles. The van der Waals surface area contributed by atoms with Crippen LogP contribution < -0.4 is 5.32 Å². The second-order valence-electron chi connectivity index (χ2n) is 3.89. The number of hydrogen-bond donors (Lipinski definition) is 2. The fraction of sp³-hybridized carbons (Fsp3) is 1.00. The molecule has 0 spiro atoms. The quantitative estimate of drug-likeness (QED) is 0.554. The molecule has 4 heteroatoms. The third kappa shape index (κ3) is 5.47. The summed E-state index contributed by atoms with van der Waals surface area (Å²) >= 11 is 0. The zero-order chi connectivity index (χ0) is 10.9. The lowest BCUT2D eigenvalue weighted by atomic mass is 9.89. The van der Waals surface area contributed by atoms with Gasteiger partial charge in [0.25, 0.3) is 0 Å². The van der Waals surface area contributed by atoms with Crippen molar-refractivity contribution >= 4 is 0 Å². The highest BCUT2D eigenvalue weighted by Crippen LogP contribution is 2.22. The standard InChI is InChI=1S/C11H23NO3/c1-2-15-11-8-10(9-11)12-4-3-6-14-7-5-13/h10-13H,2-9H2,1H3. The van der Waals surface area contributed by atoms with Crippen LogP contribution in [0.5, 0.6) is 0 Å². The van der Waals surface area contributed by atoms with E-state index in [2.05, 4.69) is 5.32 Å². The van der Waals surface area contributed by atoms with Gasteiger partial charge in [-0.15, -0.1) is 0 Å². The van der Waals surface area contributed by atoms with Gasteiger partial charge in [0.2, 0.25) is 0 Å². The average Bonchev–Trinajstić information content (AvgIpc) is 2.19. The van der Waals surface area contributed by atoms with Crippen molar-refractivity contribution < 1.29 is 14.6 Å². The number of hydrogen-bond acceptors (Lipinski definition) is 4. The minimum absolute atomic E-state index is 0.117. The molecule has 1 fully saturated rings. The smallest absolute Gasteiger partial charge is 0.0697 e. The minimum Gasteiger partial charge on any atom is -0.394 e. The average molecular weight is 217 g/mol. The van der Waals surface area contributed by atoms with Crippen LogP contribution in [-0.2, 0) is 9.47 Å². The molecule has 4 nitrogen and oxygen atoms in total. The zero-order valence-corrected chi connectivity index (χ0v) is 9.58. The number of ether oxygens (including phenoxy) is 2. The van der Waals surface area contributed by atoms with Crippen LogP contribution in [-0.4, -0.2) is 50.2 Å². The van der Waals surface area contributed by atoms with E-state index in [9.17, 15) is 0 Å². The number of nitrogens with one attached hydrogen (secondary N) is 1. The molecule has 15 heavy (non-hydrogen) atoms. The molecule has 90 valence electrons. The highest BCUT2D eigenvalue weighted by molar-refractivity contribution is 4.85. The summed E-state index contributed by atoms with van der Waals surface area (Å²) in [4.78, 5) is 0. The molecule has 0 radical (unpaired) electrons. The van der Waals surface area contributed by atoms with E-state index in [1.54, 1.807) is 0 Å². The van der Waals surface area contributed by atoms with Crippen molar-refractivity contribution in [1.82, 2.24) is 5.32 Å². The van der Waals surface area contributed by atoms with Gasteiger partial charge < -0.3 is 19.9 Å². The van der Waals surface area contributed by atoms with Crippen LogP contribution in [0, 0.1) is 0 Å². The monoisotopic (exact) mass is 217 g/mol. The number of aliphatic hydroxyl groups excluding tert-OH is 1. The lowest BCUT2D eigenvalue weighted by Gasteiger charge is -2.35. The van der Waals surface area contributed by atoms with Crippen LogP contribution in [0.2, 0.25) is 0 Å². The van der Waals surface area contributed by atoms with Crippen molar-refractivity contribution in [2.75, 3.05) is 33.0 Å². The summed E-state index contributed by atoms with van der Waals surface area (Å²) in [5, 5.41) is 11.9. The van der Waals surface area contributed by atoms with E-state index >= 15 is 0 Å². The summed E-state index contributed by atoms with van der Waals surface area (Å²) in [7, 11) is 0. The van der Waals surface area contributed by atoms with E-state index in [4.69, 9.17) is 14.6 Å². The van der Waals surface area contributed by atoms with E-state index in [1.165, 1.54) is 0 Å². The van der Waals surface area contributed by atoms with Crippen LogP contribution in [0.4, 0.5) is 0 Å². The van der Waals surface area contributed by atoms with Crippen molar-refractivity contribution in [3.8, 4) is 0 Å². The third-order valence-corrected chi connectivity index (χ3v) is 2.63. The molecule has 0 aromatic heterocycles. The lowest BCUT2D eigenvalue weighted by molar-refractivity contribution is -0.0102. The van der Waals surface area contributed by atoms with Gasteiger partial charge in [0.15, 0.2) is 0 Å². The van der Waals surface area contributed by atoms with E-state index < -0.39 is 0 Å². The maximum atomic E-state index is 8.48. The molecule has 0 aromatic rings. The second-order valence-corrected chi connectivity index (χ2v) is 3.89. The Bertz CT molecular complexity index is 149. The Labute approximate surface area is 92.0 Å². The first kappa shape index (κ1) is 12.9. The highest BCUT2D eigenvalue weighted by atomic mass is 16.5. The molecule has 0 bridgehead atoms. The fourth-order valence-corrected chi connectivity index (χ4v) is 1.75. The fourth-order valence-electron chi connectivity index (χ4n) is 1.75. The van der Waals surface area contributed by atoms with Crippen molar-refractivity contribution in [2.45, 2.75) is 38.3 Å². The molecule has 1 aliphatic rings. The van der Waals surface area contributed by atoms with E-state index in [1.807, 2.05) is 6.92 Å². The van der Waals surface area contributed by atoms with Crippen molar-refractivity contribution in [3.05, 3.63) is 0 Å². The normalized spacial score (nSPS) is 25.2. The molecule has 0 amide bonds. The van der Waals surface area contributed by atoms with E-state index in [0.717, 1.165) is 39.0 Å². The molecule has 1 saturated carbocycles. The molecule has 0 unspecified atom stereocenters. The topological polar surface area (TPSA) is 50.7 Å². The van der Waals surface area contributed by atoms with Crippen LogP contribution in [0.3, 0.4) is 0 Å². The SMILES string of the molecule is CCOC1CC(NCCCOCCO)C1. The molecule has 2 N–H and O–H groups in total. The first-order valence-electron chi connectivity index (χ1n) is 5.90. The van der Waals surface area contributed by atoms with Gasteiger partial charge in [0.05, 0.1) is 19.3 Å². The largest absolute Gasteiger partial charge is 0.394 e. The third-order valence-electron chi connectivity index (χ3n) is 2.63. The van der Waals surface area contributed by atoms with Gasteiger partial charge in [-0.25, -0.2) is 0 Å². The molecule has 1 rings (SSSR count). The Morgan fingerprint density at radius 3 is 2.80 bits per heavy atom. The Morgan fingerprint density at radius 2 is 2.13 bits per heavy atom. The predicted molar refractivity (Wildman–Crippen MR) is 59.0 cm³/mol. The first-order valence-corrected chi connectivity index (χ1v) is 5.90. The summed E-state index contributed by atoms with van der Waals surface area (Å²) in [5.74, 6) is 0. The summed E-state index contributed by atoms with van der Waals surface area (Å²) < 4.78 is 10.6. The van der Waals surface area contributed by atoms with Gasteiger partial charge in [-0.05, 0) is 32.7 Å². The lowest BCUT2D eigenvalue weighted by Crippen LogP contribution is -2.45. The summed E-state index contributed by atoms with van der Waals surface area (Å²) in [6.45, 7) is 5.16. The van der Waals surface area contributed by atoms with Gasteiger partial charge in [0.1, 0.15) is 0 Å². The highest BCUT2D eigenvalue weighted by Gasteiger charge is 2.28. The second kappa shape index (κ2) is 8.05. The van der Waals surface area contributed by atoms with Crippen LogP contribution in [0.1, 0.15) is 26.2 Å².